The number of aromatic nitrogens is 1. The topological polar surface area (TPSA) is 65.8 Å². The van der Waals surface area contributed by atoms with Crippen molar-refractivity contribution < 1.29 is 27.5 Å². The summed E-state index contributed by atoms with van der Waals surface area (Å²) in [7, 11) is 0. The van der Waals surface area contributed by atoms with Gasteiger partial charge in [-0.25, -0.2) is 22.5 Å². The van der Waals surface area contributed by atoms with Crippen molar-refractivity contribution in [2.75, 3.05) is 0 Å². The van der Waals surface area contributed by atoms with E-state index < -0.39 is 36.6 Å². The number of carbonyl (C=O) groups excluding carboxylic acids is 1. The monoisotopic (exact) mass is 431 g/mol. The second kappa shape index (κ2) is 7.73. The summed E-state index contributed by atoms with van der Waals surface area (Å²) in [4.78, 5) is 17.8. The number of hydrogen-bond donors (Lipinski definition) is 1. The Balaban J connectivity index is 1.89. The fourth-order valence-electron chi connectivity index (χ4n) is 3.52. The van der Waals surface area contributed by atoms with Gasteiger partial charge in [-0.05, 0) is 25.1 Å². The van der Waals surface area contributed by atoms with Gasteiger partial charge >= 0.3 is 0 Å². The Morgan fingerprint density at radius 1 is 1.10 bits per heavy atom. The summed E-state index contributed by atoms with van der Waals surface area (Å²) in [5.74, 6) is -1.12. The van der Waals surface area contributed by atoms with Crippen LogP contribution in [0.25, 0.3) is 22.2 Å². The Morgan fingerprint density at radius 2 is 1.84 bits per heavy atom. The zero-order valence-electron chi connectivity index (χ0n) is 16.3. The Bertz CT molecular complexity index is 1200. The summed E-state index contributed by atoms with van der Waals surface area (Å²) in [5.41, 5.74) is -1.79. The molecule has 5 nitrogen and oxygen atoms in total. The molecule has 2 heterocycles. The van der Waals surface area contributed by atoms with E-state index in [4.69, 9.17) is 0 Å². The number of halogens is 4. The molecule has 1 unspecified atom stereocenters. The summed E-state index contributed by atoms with van der Waals surface area (Å²) in [6.45, 7) is 1.88. The summed E-state index contributed by atoms with van der Waals surface area (Å²) in [5, 5.41) is 14.1. The van der Waals surface area contributed by atoms with Crippen LogP contribution in [-0.4, -0.2) is 45.3 Å². The maximum atomic E-state index is 13.6. The van der Waals surface area contributed by atoms with E-state index in [1.54, 1.807) is 36.4 Å². The Labute approximate surface area is 174 Å². The zero-order valence-corrected chi connectivity index (χ0v) is 16.3. The fraction of sp³-hybridized carbons (Fsp3) is 0.227. The molecule has 1 atom stereocenters. The number of hydrazone groups is 1. The van der Waals surface area contributed by atoms with Crippen molar-refractivity contribution in [3.63, 3.8) is 0 Å². The molecule has 1 amide bonds. The maximum absolute atomic E-state index is 13.6. The third kappa shape index (κ3) is 3.65. The van der Waals surface area contributed by atoms with Crippen LogP contribution in [0, 0.1) is 6.92 Å². The van der Waals surface area contributed by atoms with Crippen molar-refractivity contribution in [1.29, 1.82) is 0 Å². The standard InChI is InChI=1S/C22H17F4N3O2/c1-12-5-4-6-13(9-12)17-10-15(14-7-2-3-8-16(14)27-17)20(30)29-22(31,21(25)26)11-18(28-29)19(23)24/h2-10,19,21,31H,11H2,1H3. The van der Waals surface area contributed by atoms with Gasteiger partial charge in [0.2, 0.25) is 5.72 Å². The van der Waals surface area contributed by atoms with Crippen molar-refractivity contribution in [3.05, 3.63) is 65.7 Å². The minimum absolute atomic E-state index is 0.0704. The number of benzene rings is 2. The van der Waals surface area contributed by atoms with E-state index in [0.29, 0.717) is 22.2 Å². The van der Waals surface area contributed by atoms with Crippen LogP contribution in [0.5, 0.6) is 0 Å². The van der Waals surface area contributed by atoms with Gasteiger partial charge in [0.1, 0.15) is 5.71 Å². The molecule has 3 aromatic rings. The van der Waals surface area contributed by atoms with Gasteiger partial charge in [-0.15, -0.1) is 0 Å². The number of aryl methyl sites for hydroxylation is 1. The molecule has 1 aliphatic rings. The van der Waals surface area contributed by atoms with Gasteiger partial charge < -0.3 is 5.11 Å². The predicted octanol–water partition coefficient (Wildman–Crippen LogP) is 4.63. The molecule has 0 fully saturated rings. The molecule has 9 heteroatoms. The number of alkyl halides is 4. The number of fused-ring (bicyclic) bond motifs is 1. The molecule has 2 aromatic carbocycles. The third-order valence-corrected chi connectivity index (χ3v) is 5.09. The number of carbonyl (C=O) groups is 1. The molecule has 0 bridgehead atoms. The maximum Gasteiger partial charge on any atom is 0.287 e. The Kier molecular flexibility index (Phi) is 5.22. The summed E-state index contributed by atoms with van der Waals surface area (Å²) in [6, 6.07) is 15.2. The van der Waals surface area contributed by atoms with Crippen LogP contribution < -0.4 is 0 Å². The van der Waals surface area contributed by atoms with E-state index in [-0.39, 0.29) is 10.6 Å². The average molecular weight is 431 g/mol. The summed E-state index contributed by atoms with van der Waals surface area (Å²) >= 11 is 0. The summed E-state index contributed by atoms with van der Waals surface area (Å²) < 4.78 is 53.5. The highest BCUT2D eigenvalue weighted by molar-refractivity contribution is 6.08. The first-order valence-corrected chi connectivity index (χ1v) is 9.38. The predicted molar refractivity (Wildman–Crippen MR) is 107 cm³/mol. The zero-order chi connectivity index (χ0) is 22.3. The van der Waals surface area contributed by atoms with Crippen LogP contribution in [0.1, 0.15) is 22.3 Å². The lowest BCUT2D eigenvalue weighted by atomic mass is 10.0. The van der Waals surface area contributed by atoms with Crippen LogP contribution in [0.4, 0.5) is 17.6 Å². The number of pyridine rings is 1. The van der Waals surface area contributed by atoms with Crippen LogP contribution >= 0.6 is 0 Å². The second-order valence-electron chi connectivity index (χ2n) is 7.31. The van der Waals surface area contributed by atoms with Crippen molar-refractivity contribution >= 4 is 22.5 Å². The number of hydrogen-bond acceptors (Lipinski definition) is 4. The number of para-hydroxylation sites is 1. The molecule has 0 radical (unpaired) electrons. The molecule has 0 saturated carbocycles. The van der Waals surface area contributed by atoms with E-state index >= 15 is 0 Å². The van der Waals surface area contributed by atoms with Gasteiger partial charge in [0.15, 0.2) is 0 Å². The molecule has 0 saturated heterocycles. The lowest BCUT2D eigenvalue weighted by Crippen LogP contribution is -2.51. The van der Waals surface area contributed by atoms with Crippen LogP contribution in [0.3, 0.4) is 0 Å². The van der Waals surface area contributed by atoms with E-state index in [2.05, 4.69) is 10.1 Å². The van der Waals surface area contributed by atoms with Gasteiger partial charge in [-0.3, -0.25) is 4.79 Å². The van der Waals surface area contributed by atoms with E-state index in [9.17, 15) is 27.5 Å². The molecule has 4 rings (SSSR count). The van der Waals surface area contributed by atoms with E-state index in [1.165, 1.54) is 6.07 Å². The quantitative estimate of drug-likeness (QED) is 0.613. The minimum Gasteiger partial charge on any atom is -0.364 e. The largest absolute Gasteiger partial charge is 0.364 e. The molecule has 1 N–H and O–H groups in total. The lowest BCUT2D eigenvalue weighted by molar-refractivity contribution is -0.164. The normalized spacial score (nSPS) is 18.8. The SMILES string of the molecule is Cc1cccc(-c2cc(C(=O)N3N=C(C(F)F)CC3(O)C(F)F)c3ccccc3n2)c1. The van der Waals surface area contributed by atoms with Crippen LogP contribution in [-0.2, 0) is 0 Å². The van der Waals surface area contributed by atoms with Gasteiger partial charge in [0.25, 0.3) is 18.8 Å². The highest BCUT2D eigenvalue weighted by atomic mass is 19.3. The Morgan fingerprint density at radius 3 is 2.52 bits per heavy atom. The molecule has 0 aliphatic carbocycles. The van der Waals surface area contributed by atoms with Gasteiger partial charge in [-0.2, -0.15) is 10.1 Å². The Hall–Kier alpha value is -3.33. The molecular weight excluding hydrogens is 414 g/mol. The number of rotatable bonds is 4. The van der Waals surface area contributed by atoms with Crippen LogP contribution in [0.2, 0.25) is 0 Å². The molecule has 1 aromatic heterocycles. The van der Waals surface area contributed by atoms with Gasteiger partial charge in [0, 0.05) is 17.4 Å². The number of nitrogens with zero attached hydrogens (tertiary/aromatic N) is 3. The first-order valence-electron chi connectivity index (χ1n) is 9.38. The number of aliphatic hydroxyl groups is 1. The third-order valence-electron chi connectivity index (χ3n) is 5.09. The highest BCUT2D eigenvalue weighted by Crippen LogP contribution is 2.36. The highest BCUT2D eigenvalue weighted by Gasteiger charge is 2.53. The minimum atomic E-state index is -3.50. The lowest BCUT2D eigenvalue weighted by Gasteiger charge is -2.30. The molecular formula is C22H17F4N3O2. The van der Waals surface area contributed by atoms with E-state index in [0.717, 1.165) is 5.56 Å². The van der Waals surface area contributed by atoms with Crippen molar-refractivity contribution in [1.82, 2.24) is 9.99 Å². The molecule has 1 aliphatic heterocycles. The number of amides is 1. The van der Waals surface area contributed by atoms with Crippen LogP contribution in [0.15, 0.2) is 59.7 Å². The molecule has 31 heavy (non-hydrogen) atoms. The van der Waals surface area contributed by atoms with Gasteiger partial charge in [0.05, 0.1) is 16.8 Å². The molecule has 160 valence electrons. The first-order chi connectivity index (χ1) is 14.7. The fourth-order valence-corrected chi connectivity index (χ4v) is 3.52. The average Bonchev–Trinajstić information content (AvgIpc) is 3.12. The van der Waals surface area contributed by atoms with Crippen molar-refractivity contribution in [2.45, 2.75) is 31.9 Å². The molecule has 0 spiro atoms. The first kappa shape index (κ1) is 20.9. The second-order valence-corrected chi connectivity index (χ2v) is 7.31. The van der Waals surface area contributed by atoms with Gasteiger partial charge in [-0.1, -0.05) is 42.0 Å². The van der Waals surface area contributed by atoms with Crippen molar-refractivity contribution in [3.8, 4) is 11.3 Å². The summed E-state index contributed by atoms with van der Waals surface area (Å²) in [6.07, 6.45) is -7.82. The van der Waals surface area contributed by atoms with Crippen molar-refractivity contribution in [2.24, 2.45) is 5.10 Å². The smallest absolute Gasteiger partial charge is 0.287 e. The van der Waals surface area contributed by atoms with E-state index in [1.807, 2.05) is 19.1 Å².